The third kappa shape index (κ3) is 8.21. The number of hydrogen-bond donors (Lipinski definition) is 2. The van der Waals surface area contributed by atoms with E-state index in [9.17, 15) is 16.8 Å². The molecule has 7 aromatic rings. The van der Waals surface area contributed by atoms with Crippen LogP contribution < -0.4 is 10.5 Å². The summed E-state index contributed by atoms with van der Waals surface area (Å²) in [6.45, 7) is 1.50. The standard InChI is InChI=1S/C19H16N2O2S2.C15H14N4O2S2/c1-25(22,23)17-6-4-14(5-7-17)15-11-19-18(20-12-15)8-9-21(19)13-16-3-2-10-24-16;16-23(20,21)13-5-3-11(4-6-13)14-9-17-10-15(19-14)18-8-12-2-1-7-22-12/h2-12H,13H2,1H3;1-7,9-10H,8H2,(H,18,19)(H2,16,20,21). The predicted octanol–water partition coefficient (Wildman–Crippen LogP) is 6.68. The molecule has 0 radical (unpaired) electrons. The van der Waals surface area contributed by atoms with Crippen LogP contribution in [0.1, 0.15) is 9.75 Å². The summed E-state index contributed by atoms with van der Waals surface area (Å²) in [4.78, 5) is 16.1. The van der Waals surface area contributed by atoms with Crippen molar-refractivity contribution in [2.75, 3.05) is 11.6 Å². The van der Waals surface area contributed by atoms with Gasteiger partial charge in [0.25, 0.3) is 0 Å². The Hall–Kier alpha value is -4.73. The van der Waals surface area contributed by atoms with E-state index in [1.165, 1.54) is 28.1 Å². The van der Waals surface area contributed by atoms with Gasteiger partial charge in [0.2, 0.25) is 10.0 Å². The highest BCUT2D eigenvalue weighted by Crippen LogP contribution is 2.26. The summed E-state index contributed by atoms with van der Waals surface area (Å²) in [7, 11) is -6.87. The lowest BCUT2D eigenvalue weighted by atomic mass is 10.1. The third-order valence-electron chi connectivity index (χ3n) is 7.28. The number of sulfonamides is 1. The molecule has 14 heteroatoms. The number of rotatable bonds is 9. The molecule has 5 heterocycles. The van der Waals surface area contributed by atoms with Gasteiger partial charge < -0.3 is 9.88 Å². The molecule has 0 aliphatic heterocycles. The lowest BCUT2D eigenvalue weighted by Crippen LogP contribution is -2.11. The van der Waals surface area contributed by atoms with Gasteiger partial charge in [-0.3, -0.25) is 9.97 Å². The molecule has 0 unspecified atom stereocenters. The molecular weight excluding hydrogens is 685 g/mol. The summed E-state index contributed by atoms with van der Waals surface area (Å²) >= 11 is 3.40. The SMILES string of the molecule is CS(=O)(=O)c1ccc(-c2cnc3ccn(Cc4cccs4)c3c2)cc1.NS(=O)(=O)c1ccc(-c2cncc(NCc3cccs3)n2)cc1. The minimum absolute atomic E-state index is 0.0705. The first-order valence-electron chi connectivity index (χ1n) is 14.5. The Morgan fingerprint density at radius 2 is 1.44 bits per heavy atom. The molecule has 5 aromatic heterocycles. The number of primary sulfonamides is 1. The lowest BCUT2D eigenvalue weighted by Gasteiger charge is -2.06. The van der Waals surface area contributed by atoms with Gasteiger partial charge in [0, 0.05) is 39.5 Å². The smallest absolute Gasteiger partial charge is 0.238 e. The fourth-order valence-corrected chi connectivity index (χ4v) is 7.31. The van der Waals surface area contributed by atoms with Crippen molar-refractivity contribution in [1.82, 2.24) is 19.5 Å². The topological polar surface area (TPSA) is 150 Å². The first-order valence-corrected chi connectivity index (χ1v) is 19.7. The van der Waals surface area contributed by atoms with Crippen LogP contribution in [-0.2, 0) is 33.0 Å². The van der Waals surface area contributed by atoms with Crippen molar-refractivity contribution in [3.05, 3.63) is 130 Å². The zero-order chi connectivity index (χ0) is 33.7. The maximum absolute atomic E-state index is 11.6. The molecule has 7 rings (SSSR count). The van der Waals surface area contributed by atoms with E-state index in [1.54, 1.807) is 59.3 Å². The van der Waals surface area contributed by atoms with Crippen LogP contribution in [-0.4, -0.2) is 42.6 Å². The molecule has 0 amide bonds. The molecule has 0 bridgehead atoms. The van der Waals surface area contributed by atoms with E-state index in [1.807, 2.05) is 48.1 Å². The van der Waals surface area contributed by atoms with Crippen LogP contribution in [0.3, 0.4) is 0 Å². The number of pyridine rings is 1. The molecule has 0 fully saturated rings. The molecule has 244 valence electrons. The molecule has 0 saturated heterocycles. The molecule has 48 heavy (non-hydrogen) atoms. The van der Waals surface area contributed by atoms with Crippen LogP contribution in [0.2, 0.25) is 0 Å². The van der Waals surface area contributed by atoms with Crippen molar-refractivity contribution in [3.8, 4) is 22.4 Å². The van der Waals surface area contributed by atoms with Crippen molar-refractivity contribution in [1.29, 1.82) is 0 Å². The highest BCUT2D eigenvalue weighted by atomic mass is 32.2. The molecular formula is C34H30N6O4S4. The van der Waals surface area contributed by atoms with E-state index in [4.69, 9.17) is 5.14 Å². The van der Waals surface area contributed by atoms with Gasteiger partial charge in [-0.2, -0.15) is 0 Å². The summed E-state index contributed by atoms with van der Waals surface area (Å²) in [5, 5.41) is 12.4. The van der Waals surface area contributed by atoms with E-state index in [-0.39, 0.29) is 4.90 Å². The van der Waals surface area contributed by atoms with Crippen LogP contribution in [0, 0.1) is 0 Å². The van der Waals surface area contributed by atoms with Gasteiger partial charge in [0.1, 0.15) is 5.82 Å². The summed E-state index contributed by atoms with van der Waals surface area (Å²) in [5.74, 6) is 0.659. The second-order valence-corrected chi connectivity index (χ2v) is 16.4. The number of sulfone groups is 1. The Kier molecular flexibility index (Phi) is 9.80. The van der Waals surface area contributed by atoms with E-state index < -0.39 is 19.9 Å². The number of hydrogen-bond acceptors (Lipinski definition) is 10. The average molecular weight is 715 g/mol. The number of nitrogens with one attached hydrogen (secondary N) is 1. The monoisotopic (exact) mass is 714 g/mol. The van der Waals surface area contributed by atoms with E-state index in [2.05, 4.69) is 48.4 Å². The number of nitrogens with two attached hydrogens (primary N) is 1. The molecule has 0 saturated carbocycles. The van der Waals surface area contributed by atoms with Gasteiger partial charge in [0.15, 0.2) is 9.84 Å². The maximum atomic E-state index is 11.6. The van der Waals surface area contributed by atoms with Gasteiger partial charge in [-0.15, -0.1) is 22.7 Å². The quantitative estimate of drug-likeness (QED) is 0.168. The Bertz CT molecular complexity index is 2360. The Morgan fingerprint density at radius 3 is 2.08 bits per heavy atom. The summed E-state index contributed by atoms with van der Waals surface area (Å²) < 4.78 is 47.9. The number of nitrogens with zero attached hydrogens (tertiary/aromatic N) is 4. The molecule has 0 atom stereocenters. The van der Waals surface area contributed by atoms with Crippen molar-refractivity contribution in [3.63, 3.8) is 0 Å². The van der Waals surface area contributed by atoms with Gasteiger partial charge in [-0.1, -0.05) is 36.4 Å². The van der Waals surface area contributed by atoms with Gasteiger partial charge >= 0.3 is 0 Å². The molecule has 0 spiro atoms. The van der Waals surface area contributed by atoms with Crippen LogP contribution in [0.15, 0.2) is 130 Å². The Morgan fingerprint density at radius 1 is 0.771 bits per heavy atom. The molecule has 0 aliphatic rings. The average Bonchev–Trinajstić information content (AvgIpc) is 3.87. The first-order chi connectivity index (χ1) is 23.0. The van der Waals surface area contributed by atoms with Crippen molar-refractivity contribution in [2.45, 2.75) is 22.9 Å². The number of fused-ring (bicyclic) bond motifs is 1. The van der Waals surface area contributed by atoms with Crippen LogP contribution in [0.4, 0.5) is 5.82 Å². The second-order valence-electron chi connectivity index (χ2n) is 10.7. The summed E-state index contributed by atoms with van der Waals surface area (Å²) in [6.07, 6.45) is 8.37. The minimum atomic E-state index is -3.69. The van der Waals surface area contributed by atoms with Crippen molar-refractivity contribution >= 4 is 59.4 Å². The molecule has 3 N–H and O–H groups in total. The number of aromatic nitrogens is 4. The van der Waals surface area contributed by atoms with E-state index in [0.29, 0.717) is 23.0 Å². The number of anilines is 1. The zero-order valence-electron chi connectivity index (χ0n) is 25.6. The third-order valence-corrected chi connectivity index (χ3v) is 11.1. The highest BCUT2D eigenvalue weighted by Gasteiger charge is 2.11. The van der Waals surface area contributed by atoms with Gasteiger partial charge in [0.05, 0.1) is 52.0 Å². The van der Waals surface area contributed by atoms with Crippen LogP contribution in [0.5, 0.6) is 0 Å². The minimum Gasteiger partial charge on any atom is -0.364 e. The zero-order valence-corrected chi connectivity index (χ0v) is 28.9. The molecule has 0 aliphatic carbocycles. The van der Waals surface area contributed by atoms with Crippen LogP contribution in [0.25, 0.3) is 33.4 Å². The Balaban J connectivity index is 0.000000168. The van der Waals surface area contributed by atoms with E-state index >= 15 is 0 Å². The first kappa shape index (κ1) is 33.2. The van der Waals surface area contributed by atoms with Gasteiger partial charge in [-0.05, 0) is 64.9 Å². The van der Waals surface area contributed by atoms with Crippen molar-refractivity contribution in [2.24, 2.45) is 5.14 Å². The normalized spacial score (nSPS) is 11.6. The maximum Gasteiger partial charge on any atom is 0.238 e. The second kappa shape index (κ2) is 14.2. The number of benzene rings is 2. The molecule has 2 aromatic carbocycles. The predicted molar refractivity (Wildman–Crippen MR) is 192 cm³/mol. The van der Waals surface area contributed by atoms with Gasteiger partial charge in [-0.25, -0.2) is 27.0 Å². The largest absolute Gasteiger partial charge is 0.364 e. The lowest BCUT2D eigenvalue weighted by molar-refractivity contribution is 0.597. The summed E-state index contributed by atoms with van der Waals surface area (Å²) in [6, 6.07) is 25.5. The number of thiophene rings is 2. The van der Waals surface area contributed by atoms with Crippen molar-refractivity contribution < 1.29 is 16.8 Å². The fraction of sp³-hybridized carbons (Fsp3) is 0.0882. The fourth-order valence-electron chi connectivity index (χ4n) is 4.82. The van der Waals surface area contributed by atoms with Crippen LogP contribution >= 0.6 is 22.7 Å². The summed E-state index contributed by atoms with van der Waals surface area (Å²) in [5.41, 5.74) is 5.36. The Labute approximate surface area is 286 Å². The highest BCUT2D eigenvalue weighted by molar-refractivity contribution is 7.90. The van der Waals surface area contributed by atoms with E-state index in [0.717, 1.165) is 34.3 Å². The molecule has 10 nitrogen and oxygen atoms in total.